The van der Waals surface area contributed by atoms with E-state index in [0.29, 0.717) is 4.47 Å². The van der Waals surface area contributed by atoms with Crippen LogP contribution in [0.15, 0.2) is 22.7 Å². The Labute approximate surface area is 93.0 Å². The van der Waals surface area contributed by atoms with Crippen molar-refractivity contribution >= 4 is 15.9 Å². The average molecular weight is 284 g/mol. The first-order chi connectivity index (χ1) is 6.91. The highest BCUT2D eigenvalue weighted by Gasteiger charge is 2.39. The monoisotopic (exact) mass is 283 g/mol. The van der Waals surface area contributed by atoms with Crippen LogP contribution in [0.25, 0.3) is 0 Å². The SMILES string of the molecule is N[C@](CO)(c1cc(Br)ccc1F)C(F)F. The molecule has 0 aromatic heterocycles. The average Bonchev–Trinajstić information content (AvgIpc) is 2.20. The largest absolute Gasteiger partial charge is 0.394 e. The van der Waals surface area contributed by atoms with Gasteiger partial charge in [0.1, 0.15) is 11.4 Å². The van der Waals surface area contributed by atoms with Gasteiger partial charge in [-0.2, -0.15) is 0 Å². The third kappa shape index (κ3) is 2.32. The van der Waals surface area contributed by atoms with Gasteiger partial charge in [-0.05, 0) is 18.2 Å². The molecule has 0 fully saturated rings. The van der Waals surface area contributed by atoms with Crippen molar-refractivity contribution in [2.45, 2.75) is 12.0 Å². The Morgan fingerprint density at radius 1 is 1.47 bits per heavy atom. The van der Waals surface area contributed by atoms with Crippen molar-refractivity contribution in [1.82, 2.24) is 0 Å². The number of halogens is 4. The van der Waals surface area contributed by atoms with E-state index in [-0.39, 0.29) is 0 Å². The van der Waals surface area contributed by atoms with Crippen LogP contribution in [0.4, 0.5) is 13.2 Å². The first-order valence-electron chi connectivity index (χ1n) is 4.05. The summed E-state index contributed by atoms with van der Waals surface area (Å²) in [5.74, 6) is -0.866. The first kappa shape index (κ1) is 12.5. The highest BCUT2D eigenvalue weighted by atomic mass is 79.9. The van der Waals surface area contributed by atoms with Crippen LogP contribution in [-0.4, -0.2) is 18.1 Å². The maximum atomic E-state index is 13.3. The molecular formula is C9H9BrF3NO. The molecule has 2 nitrogen and oxygen atoms in total. The van der Waals surface area contributed by atoms with Crippen molar-refractivity contribution in [3.63, 3.8) is 0 Å². The van der Waals surface area contributed by atoms with Crippen LogP contribution in [0.1, 0.15) is 5.56 Å². The Kier molecular flexibility index (Phi) is 3.75. The topological polar surface area (TPSA) is 46.2 Å². The molecule has 1 rings (SSSR count). The van der Waals surface area contributed by atoms with Gasteiger partial charge in [-0.3, -0.25) is 0 Å². The fourth-order valence-corrected chi connectivity index (χ4v) is 1.49. The summed E-state index contributed by atoms with van der Waals surface area (Å²) in [6.45, 7) is -1.03. The highest BCUT2D eigenvalue weighted by Crippen LogP contribution is 2.29. The standard InChI is InChI=1S/C9H9BrF3NO/c10-5-1-2-7(11)6(3-5)9(14,4-15)8(12)13/h1-3,8,15H,4,14H2/t9-/m1/s1. The normalized spacial score (nSPS) is 15.4. The number of hydrogen-bond donors (Lipinski definition) is 2. The lowest BCUT2D eigenvalue weighted by Crippen LogP contribution is -2.48. The Morgan fingerprint density at radius 2 is 2.07 bits per heavy atom. The highest BCUT2D eigenvalue weighted by molar-refractivity contribution is 9.10. The predicted octanol–water partition coefficient (Wildman–Crippen LogP) is 2.00. The zero-order valence-corrected chi connectivity index (χ0v) is 9.14. The molecule has 0 amide bonds. The van der Waals surface area contributed by atoms with E-state index in [9.17, 15) is 13.2 Å². The van der Waals surface area contributed by atoms with Gasteiger partial charge in [0.2, 0.25) is 0 Å². The molecule has 0 aliphatic rings. The lowest BCUT2D eigenvalue weighted by molar-refractivity contribution is 0.0134. The minimum atomic E-state index is -3.05. The van der Waals surface area contributed by atoms with E-state index in [1.807, 2.05) is 0 Å². The predicted molar refractivity (Wildman–Crippen MR) is 53.1 cm³/mol. The smallest absolute Gasteiger partial charge is 0.262 e. The molecule has 0 aliphatic heterocycles. The summed E-state index contributed by atoms with van der Waals surface area (Å²) in [5, 5.41) is 8.84. The molecule has 0 aliphatic carbocycles. The van der Waals surface area contributed by atoms with Crippen molar-refractivity contribution in [3.05, 3.63) is 34.1 Å². The lowest BCUT2D eigenvalue weighted by atomic mass is 9.92. The second kappa shape index (κ2) is 4.51. The fourth-order valence-electron chi connectivity index (χ4n) is 1.13. The number of nitrogens with two attached hydrogens (primary N) is 1. The minimum absolute atomic E-state index is 0.408. The summed E-state index contributed by atoms with van der Waals surface area (Å²) < 4.78 is 38.9. The van der Waals surface area contributed by atoms with Crippen LogP contribution < -0.4 is 5.73 Å². The second-order valence-corrected chi connectivity index (χ2v) is 4.04. The summed E-state index contributed by atoms with van der Waals surface area (Å²) in [6, 6.07) is 3.51. The molecule has 1 aromatic carbocycles. The second-order valence-electron chi connectivity index (χ2n) is 3.12. The van der Waals surface area contributed by atoms with Crippen LogP contribution in [0.2, 0.25) is 0 Å². The molecule has 6 heteroatoms. The van der Waals surface area contributed by atoms with E-state index < -0.39 is 30.0 Å². The number of hydrogen-bond acceptors (Lipinski definition) is 2. The van der Waals surface area contributed by atoms with Crippen LogP contribution in [-0.2, 0) is 5.54 Å². The summed E-state index contributed by atoms with van der Waals surface area (Å²) in [7, 11) is 0. The van der Waals surface area contributed by atoms with Crippen molar-refractivity contribution in [2.24, 2.45) is 5.73 Å². The molecule has 1 atom stereocenters. The third-order valence-corrected chi connectivity index (χ3v) is 2.57. The van der Waals surface area contributed by atoms with Gasteiger partial charge in [0, 0.05) is 10.0 Å². The molecule has 0 unspecified atom stereocenters. The number of rotatable bonds is 3. The lowest BCUT2D eigenvalue weighted by Gasteiger charge is -2.27. The van der Waals surface area contributed by atoms with E-state index in [1.165, 1.54) is 6.07 Å². The van der Waals surface area contributed by atoms with E-state index in [0.717, 1.165) is 12.1 Å². The molecule has 0 spiro atoms. The molecule has 0 saturated carbocycles. The Bertz CT molecular complexity index is 361. The quantitative estimate of drug-likeness (QED) is 0.891. The van der Waals surface area contributed by atoms with Crippen molar-refractivity contribution < 1.29 is 18.3 Å². The summed E-state index contributed by atoms with van der Waals surface area (Å²) in [4.78, 5) is 0. The van der Waals surface area contributed by atoms with Gasteiger partial charge in [-0.1, -0.05) is 15.9 Å². The molecular weight excluding hydrogens is 275 g/mol. The van der Waals surface area contributed by atoms with E-state index in [1.54, 1.807) is 0 Å². The molecule has 0 heterocycles. The van der Waals surface area contributed by atoms with Crippen LogP contribution in [0, 0.1) is 5.82 Å². The van der Waals surface area contributed by atoms with Gasteiger partial charge in [-0.25, -0.2) is 13.2 Å². The van der Waals surface area contributed by atoms with Gasteiger partial charge < -0.3 is 10.8 Å². The first-order valence-corrected chi connectivity index (χ1v) is 4.84. The Hall–Kier alpha value is -0.590. The van der Waals surface area contributed by atoms with Crippen LogP contribution in [0.3, 0.4) is 0 Å². The van der Waals surface area contributed by atoms with Crippen molar-refractivity contribution in [3.8, 4) is 0 Å². The zero-order valence-electron chi connectivity index (χ0n) is 7.55. The van der Waals surface area contributed by atoms with Crippen LogP contribution >= 0.6 is 15.9 Å². The maximum Gasteiger partial charge on any atom is 0.262 e. The Balaban J connectivity index is 3.29. The van der Waals surface area contributed by atoms with Gasteiger partial charge in [0.05, 0.1) is 6.61 Å². The number of alkyl halides is 2. The molecule has 1 aromatic rings. The Morgan fingerprint density at radius 3 is 2.53 bits per heavy atom. The number of aliphatic hydroxyl groups excluding tert-OH is 1. The molecule has 0 bridgehead atoms. The zero-order chi connectivity index (χ0) is 11.6. The van der Waals surface area contributed by atoms with Gasteiger partial charge in [-0.15, -0.1) is 0 Å². The maximum absolute atomic E-state index is 13.3. The fraction of sp³-hybridized carbons (Fsp3) is 0.333. The van der Waals surface area contributed by atoms with E-state index >= 15 is 0 Å². The van der Waals surface area contributed by atoms with E-state index in [2.05, 4.69) is 15.9 Å². The molecule has 84 valence electrons. The van der Waals surface area contributed by atoms with Crippen molar-refractivity contribution in [1.29, 1.82) is 0 Å². The summed E-state index contributed by atoms with van der Waals surface area (Å²) in [6.07, 6.45) is -3.05. The van der Waals surface area contributed by atoms with Crippen molar-refractivity contribution in [2.75, 3.05) is 6.61 Å². The molecule has 0 radical (unpaired) electrons. The molecule has 0 saturated heterocycles. The van der Waals surface area contributed by atoms with Gasteiger partial charge in [0.15, 0.2) is 0 Å². The summed E-state index contributed by atoms with van der Waals surface area (Å²) in [5.41, 5.74) is 2.50. The number of aliphatic hydroxyl groups is 1. The molecule has 3 N–H and O–H groups in total. The van der Waals surface area contributed by atoms with Crippen LogP contribution in [0.5, 0.6) is 0 Å². The van der Waals surface area contributed by atoms with Gasteiger partial charge in [0.25, 0.3) is 6.43 Å². The number of benzene rings is 1. The third-order valence-electron chi connectivity index (χ3n) is 2.08. The van der Waals surface area contributed by atoms with E-state index in [4.69, 9.17) is 10.8 Å². The minimum Gasteiger partial charge on any atom is -0.394 e. The summed E-state index contributed by atoms with van der Waals surface area (Å²) >= 11 is 3.02. The molecule has 15 heavy (non-hydrogen) atoms. The van der Waals surface area contributed by atoms with Gasteiger partial charge >= 0.3 is 0 Å².